The van der Waals surface area contributed by atoms with Crippen molar-refractivity contribution in [2.24, 2.45) is 5.10 Å². The van der Waals surface area contributed by atoms with E-state index < -0.39 is 4.92 Å². The highest BCUT2D eigenvalue weighted by Crippen LogP contribution is 2.11. The lowest BCUT2D eigenvalue weighted by Gasteiger charge is -2.26. The zero-order valence-corrected chi connectivity index (χ0v) is 13.2. The molecule has 1 saturated heterocycles. The maximum atomic E-state index is 11.8. The molecule has 124 valence electrons. The van der Waals surface area contributed by atoms with Gasteiger partial charge in [-0.05, 0) is 0 Å². The summed E-state index contributed by atoms with van der Waals surface area (Å²) in [6.07, 6.45) is 1.84. The largest absolute Gasteiger partial charge is 0.328 e. The number of nitro benzene ring substituents is 1. The third-order valence-electron chi connectivity index (χ3n) is 4.00. The van der Waals surface area contributed by atoms with E-state index in [0.29, 0.717) is 12.0 Å². The maximum Gasteiger partial charge on any atom is 0.270 e. The van der Waals surface area contributed by atoms with Crippen LogP contribution < -0.4 is 15.2 Å². The molecule has 0 aromatic heterocycles. The van der Waals surface area contributed by atoms with Crippen LogP contribution in [-0.4, -0.2) is 56.8 Å². The molecule has 0 radical (unpaired) electrons. The highest BCUT2D eigenvalue weighted by Gasteiger charge is 2.20. The molecule has 1 aromatic carbocycles. The molecule has 0 saturated carbocycles. The fraction of sp³-hybridized carbons (Fsp3) is 0.467. The van der Waals surface area contributed by atoms with E-state index in [2.05, 4.69) is 17.6 Å². The van der Waals surface area contributed by atoms with Gasteiger partial charge in [-0.15, -0.1) is 0 Å². The van der Waals surface area contributed by atoms with Gasteiger partial charge in [-0.2, -0.15) is 5.10 Å². The molecule has 0 unspecified atom stereocenters. The number of quaternary nitrogens is 2. The molecule has 0 bridgehead atoms. The molecule has 3 N–H and O–H groups in total. The molecule has 0 atom stereocenters. The number of carbonyl (C=O) groups is 1. The number of likely N-dealkylation sites (N-methyl/N-ethyl adjacent to an activating group) is 1. The van der Waals surface area contributed by atoms with Crippen LogP contribution in [0, 0.1) is 10.1 Å². The first kappa shape index (κ1) is 17.0. The van der Waals surface area contributed by atoms with Crippen molar-refractivity contribution in [2.45, 2.75) is 6.42 Å². The number of nitrogens with one attached hydrogen (secondary N) is 3. The van der Waals surface area contributed by atoms with E-state index in [1.54, 1.807) is 17.0 Å². The Morgan fingerprint density at radius 2 is 2.13 bits per heavy atom. The number of nitro groups is 1. The Hall–Kier alpha value is -2.32. The van der Waals surface area contributed by atoms with Crippen molar-refractivity contribution in [2.75, 3.05) is 39.8 Å². The summed E-state index contributed by atoms with van der Waals surface area (Å²) in [5, 5.41) is 14.5. The number of hydrogen-bond acceptors (Lipinski definition) is 4. The van der Waals surface area contributed by atoms with Crippen LogP contribution in [0.1, 0.15) is 12.0 Å². The Morgan fingerprint density at radius 3 is 2.83 bits per heavy atom. The molecule has 1 aromatic rings. The van der Waals surface area contributed by atoms with Crippen molar-refractivity contribution in [1.29, 1.82) is 0 Å². The molecule has 8 nitrogen and oxygen atoms in total. The van der Waals surface area contributed by atoms with Crippen LogP contribution in [0.25, 0.3) is 0 Å². The molecular formula is C15H23N5O3+2. The Bertz CT molecular complexity index is 582. The Labute approximate surface area is 134 Å². The molecule has 1 fully saturated rings. The van der Waals surface area contributed by atoms with E-state index in [0.717, 1.165) is 32.7 Å². The number of hydrogen-bond donors (Lipinski definition) is 3. The van der Waals surface area contributed by atoms with Crippen LogP contribution in [0.3, 0.4) is 0 Å². The summed E-state index contributed by atoms with van der Waals surface area (Å²) in [4.78, 5) is 25.0. The fourth-order valence-electron chi connectivity index (χ4n) is 2.52. The fourth-order valence-corrected chi connectivity index (χ4v) is 2.52. The van der Waals surface area contributed by atoms with Gasteiger partial charge in [0.05, 0.1) is 31.2 Å². The molecule has 1 amide bonds. The van der Waals surface area contributed by atoms with Crippen LogP contribution in [0.15, 0.2) is 29.4 Å². The zero-order chi connectivity index (χ0) is 16.7. The van der Waals surface area contributed by atoms with Crippen molar-refractivity contribution in [3.05, 3.63) is 39.9 Å². The Morgan fingerprint density at radius 1 is 1.39 bits per heavy atom. The van der Waals surface area contributed by atoms with Crippen molar-refractivity contribution < 1.29 is 19.5 Å². The first-order valence-electron chi connectivity index (χ1n) is 7.76. The predicted octanol–water partition coefficient (Wildman–Crippen LogP) is -2.15. The van der Waals surface area contributed by atoms with Gasteiger partial charge in [-0.25, -0.2) is 5.43 Å². The summed E-state index contributed by atoms with van der Waals surface area (Å²) in [5.74, 6) is -0.134. The number of piperazine rings is 1. The maximum absolute atomic E-state index is 11.8. The monoisotopic (exact) mass is 321 g/mol. The number of rotatable bonds is 6. The number of hydrazone groups is 1. The lowest BCUT2D eigenvalue weighted by atomic mass is 10.2. The second kappa shape index (κ2) is 8.35. The summed E-state index contributed by atoms with van der Waals surface area (Å²) in [6.45, 7) is 5.28. The molecule has 0 spiro atoms. The van der Waals surface area contributed by atoms with Gasteiger partial charge in [0, 0.05) is 17.7 Å². The molecule has 1 aliphatic heterocycles. The minimum absolute atomic E-state index is 0.000994. The van der Waals surface area contributed by atoms with E-state index in [1.165, 1.54) is 23.2 Å². The van der Waals surface area contributed by atoms with Crippen molar-refractivity contribution in [1.82, 2.24) is 5.43 Å². The van der Waals surface area contributed by atoms with Crippen LogP contribution >= 0.6 is 0 Å². The number of non-ortho nitro benzene ring substituents is 1. The number of carbonyl (C=O) groups excluding carboxylic acids is 1. The predicted molar refractivity (Wildman–Crippen MR) is 85.6 cm³/mol. The highest BCUT2D eigenvalue weighted by atomic mass is 16.6. The smallest absolute Gasteiger partial charge is 0.270 e. The first-order chi connectivity index (χ1) is 11.0. The molecule has 8 heteroatoms. The van der Waals surface area contributed by atoms with Crippen LogP contribution in [0.5, 0.6) is 0 Å². The van der Waals surface area contributed by atoms with Crippen molar-refractivity contribution in [3.8, 4) is 0 Å². The van der Waals surface area contributed by atoms with Gasteiger partial charge in [-0.3, -0.25) is 14.9 Å². The number of nitrogens with zero attached hydrogens (tertiary/aromatic N) is 2. The molecule has 23 heavy (non-hydrogen) atoms. The number of benzene rings is 1. The van der Waals surface area contributed by atoms with Crippen molar-refractivity contribution in [3.63, 3.8) is 0 Å². The normalized spacial score (nSPS) is 21.3. The summed E-state index contributed by atoms with van der Waals surface area (Å²) >= 11 is 0. The molecule has 2 rings (SSSR count). The second-order valence-electron chi connectivity index (χ2n) is 5.85. The van der Waals surface area contributed by atoms with E-state index in [-0.39, 0.29) is 11.6 Å². The van der Waals surface area contributed by atoms with Crippen LogP contribution in [0.4, 0.5) is 5.69 Å². The van der Waals surface area contributed by atoms with Gasteiger partial charge in [-0.1, -0.05) is 12.1 Å². The van der Waals surface area contributed by atoms with Gasteiger partial charge < -0.3 is 9.80 Å². The first-order valence-corrected chi connectivity index (χ1v) is 7.76. The van der Waals surface area contributed by atoms with Crippen LogP contribution in [0.2, 0.25) is 0 Å². The summed E-state index contributed by atoms with van der Waals surface area (Å²) in [6, 6.07) is 6.10. The Kier molecular flexibility index (Phi) is 6.19. The minimum atomic E-state index is -0.462. The third kappa shape index (κ3) is 5.76. The summed E-state index contributed by atoms with van der Waals surface area (Å²) < 4.78 is 0. The van der Waals surface area contributed by atoms with E-state index in [9.17, 15) is 14.9 Å². The van der Waals surface area contributed by atoms with E-state index in [4.69, 9.17) is 0 Å². The average molecular weight is 321 g/mol. The van der Waals surface area contributed by atoms with Gasteiger partial charge >= 0.3 is 0 Å². The number of amides is 1. The minimum Gasteiger partial charge on any atom is -0.328 e. The quantitative estimate of drug-likeness (QED) is 0.317. The topological polar surface area (TPSA) is 93.5 Å². The highest BCUT2D eigenvalue weighted by molar-refractivity contribution is 5.83. The van der Waals surface area contributed by atoms with Crippen LogP contribution in [-0.2, 0) is 4.79 Å². The lowest BCUT2D eigenvalue weighted by Crippen LogP contribution is -3.27. The van der Waals surface area contributed by atoms with Gasteiger partial charge in [0.25, 0.3) is 5.69 Å². The average Bonchev–Trinajstić information content (AvgIpc) is 2.54. The van der Waals surface area contributed by atoms with Gasteiger partial charge in [0.15, 0.2) is 0 Å². The third-order valence-corrected chi connectivity index (χ3v) is 4.00. The second-order valence-corrected chi connectivity index (χ2v) is 5.85. The SMILES string of the molecule is C[NH+]1CC[NH+](CCC(=O)N/N=C\c2cccc([N+](=O)[O-])c2)CC1. The van der Waals surface area contributed by atoms with E-state index >= 15 is 0 Å². The standard InChI is InChI=1S/C15H21N5O3/c1-18-7-9-19(10-8-18)6-5-15(21)17-16-12-13-3-2-4-14(11-13)20(22)23/h2-4,11-12H,5-10H2,1H3,(H,17,21)/p+2/b16-12-. The summed E-state index contributed by atoms with van der Waals surface area (Å²) in [7, 11) is 2.19. The van der Waals surface area contributed by atoms with E-state index in [1.807, 2.05) is 0 Å². The lowest BCUT2D eigenvalue weighted by molar-refractivity contribution is -1.00. The molecule has 1 aliphatic rings. The zero-order valence-electron chi connectivity index (χ0n) is 13.2. The van der Waals surface area contributed by atoms with Gasteiger partial charge in [0.2, 0.25) is 5.91 Å². The molecular weight excluding hydrogens is 298 g/mol. The van der Waals surface area contributed by atoms with Gasteiger partial charge in [0.1, 0.15) is 26.2 Å². The Balaban J connectivity index is 1.73. The molecule has 1 heterocycles. The summed E-state index contributed by atoms with van der Waals surface area (Å²) in [5.41, 5.74) is 3.05. The van der Waals surface area contributed by atoms with Crippen molar-refractivity contribution >= 4 is 17.8 Å². The molecule has 0 aliphatic carbocycles.